The molecule has 0 saturated heterocycles. The number of rotatable bonds is 5. The molecule has 1 N–H and O–H groups in total. The quantitative estimate of drug-likeness (QED) is 0.547. The summed E-state index contributed by atoms with van der Waals surface area (Å²) in [5.41, 5.74) is 1.90. The van der Waals surface area contributed by atoms with Gasteiger partial charge in [0, 0.05) is 14.0 Å². The molecule has 0 saturated carbocycles. The van der Waals surface area contributed by atoms with E-state index in [9.17, 15) is 4.79 Å². The number of para-hydroxylation sites is 1. The monoisotopic (exact) mass is 398 g/mol. The van der Waals surface area contributed by atoms with E-state index in [-0.39, 0.29) is 18.5 Å². The van der Waals surface area contributed by atoms with E-state index >= 15 is 0 Å². The summed E-state index contributed by atoms with van der Waals surface area (Å²) in [6.07, 6.45) is 0. The predicted octanol–water partition coefficient (Wildman–Crippen LogP) is 2.13. The van der Waals surface area contributed by atoms with E-state index in [1.165, 1.54) is 11.6 Å². The van der Waals surface area contributed by atoms with Gasteiger partial charge in [0.05, 0.1) is 16.2 Å². The Morgan fingerprint density at radius 3 is 2.79 bits per heavy atom. The van der Waals surface area contributed by atoms with Gasteiger partial charge in [0.15, 0.2) is 0 Å². The summed E-state index contributed by atoms with van der Waals surface area (Å²) in [7, 11) is 1.72. The summed E-state index contributed by atoms with van der Waals surface area (Å²) >= 11 is 6.29. The van der Waals surface area contributed by atoms with Crippen LogP contribution in [0.4, 0.5) is 5.82 Å². The maximum absolute atomic E-state index is 11.2. The number of nitrogens with one attached hydrogen (secondary N) is 1. The van der Waals surface area contributed by atoms with Gasteiger partial charge < -0.3 is 10.1 Å². The molecule has 0 atom stereocenters. The number of aromatic nitrogens is 7. The molecule has 0 radical (unpaired) electrons. The molecule has 1 aromatic carbocycles. The molecule has 3 aromatic heterocycles. The van der Waals surface area contributed by atoms with Crippen molar-refractivity contribution in [1.82, 2.24) is 34.7 Å². The number of nitrogens with zero attached hydrogens (tertiary/aromatic N) is 7. The first-order chi connectivity index (χ1) is 13.5. The number of halogens is 1. The topological polar surface area (TPSA) is 113 Å². The largest absolute Gasteiger partial charge is 0.458 e. The smallest absolute Gasteiger partial charge is 0.305 e. The number of aryl methyl sites for hydroxylation is 1. The number of carbonyl (C=O) groups is 1. The molecule has 3 heterocycles. The molecule has 10 nitrogen and oxygen atoms in total. The first-order valence-electron chi connectivity index (χ1n) is 8.29. The molecule has 1 amide bonds. The van der Waals surface area contributed by atoms with E-state index < -0.39 is 0 Å². The molecule has 0 unspecified atom stereocenters. The SMILES string of the molecule is CC(=O)Nc1cccc(COc2nc3c(Cl)cccc3n2-c2nnnn2C)n1. The predicted molar refractivity (Wildman–Crippen MR) is 101 cm³/mol. The molecule has 0 spiro atoms. The van der Waals surface area contributed by atoms with Crippen LogP contribution in [0.2, 0.25) is 5.02 Å². The van der Waals surface area contributed by atoms with E-state index in [2.05, 4.69) is 30.8 Å². The maximum atomic E-state index is 11.2. The Bertz CT molecular complexity index is 1170. The highest BCUT2D eigenvalue weighted by molar-refractivity contribution is 6.35. The minimum atomic E-state index is -0.197. The highest BCUT2D eigenvalue weighted by Gasteiger charge is 2.19. The Labute approximate surface area is 164 Å². The molecule has 4 rings (SSSR count). The zero-order valence-corrected chi connectivity index (χ0v) is 15.8. The average Bonchev–Trinajstić information content (AvgIpc) is 3.23. The van der Waals surface area contributed by atoms with Crippen LogP contribution in [0.5, 0.6) is 6.01 Å². The molecule has 0 aliphatic rings. The van der Waals surface area contributed by atoms with Crippen molar-refractivity contribution in [3.05, 3.63) is 47.1 Å². The van der Waals surface area contributed by atoms with Crippen LogP contribution in [0, 0.1) is 0 Å². The van der Waals surface area contributed by atoms with Gasteiger partial charge in [-0.1, -0.05) is 28.8 Å². The standard InChI is InChI=1S/C17H15ClN8O2/c1-10(27)19-14-8-3-5-11(20-14)9-28-17-21-15-12(18)6-4-7-13(15)26(17)16-22-23-24-25(16)2/h3-8H,9H2,1-2H3,(H,19,20,27). The minimum absolute atomic E-state index is 0.125. The molecule has 0 aliphatic heterocycles. The van der Waals surface area contributed by atoms with Gasteiger partial charge in [0.25, 0.3) is 5.95 Å². The fourth-order valence-corrected chi connectivity index (χ4v) is 2.91. The number of carbonyl (C=O) groups excluding carboxylic acids is 1. The molecule has 4 aromatic rings. The first kappa shape index (κ1) is 17.9. The van der Waals surface area contributed by atoms with Gasteiger partial charge in [-0.2, -0.15) is 4.98 Å². The molecule has 0 bridgehead atoms. The molecule has 28 heavy (non-hydrogen) atoms. The number of imidazole rings is 1. The van der Waals surface area contributed by atoms with Crippen LogP contribution >= 0.6 is 11.6 Å². The van der Waals surface area contributed by atoms with Gasteiger partial charge in [-0.05, 0) is 34.7 Å². The van der Waals surface area contributed by atoms with Gasteiger partial charge in [-0.15, -0.1) is 0 Å². The lowest BCUT2D eigenvalue weighted by molar-refractivity contribution is -0.114. The summed E-state index contributed by atoms with van der Waals surface area (Å²) in [6.45, 7) is 1.55. The summed E-state index contributed by atoms with van der Waals surface area (Å²) < 4.78 is 9.10. The van der Waals surface area contributed by atoms with E-state index in [0.717, 1.165) is 0 Å². The van der Waals surface area contributed by atoms with Gasteiger partial charge in [-0.25, -0.2) is 14.2 Å². The summed E-state index contributed by atoms with van der Waals surface area (Å²) in [4.78, 5) is 20.1. The fraction of sp³-hybridized carbons (Fsp3) is 0.176. The third-order valence-electron chi connectivity index (χ3n) is 3.86. The lowest BCUT2D eigenvalue weighted by atomic mass is 10.3. The van der Waals surface area contributed by atoms with Gasteiger partial charge >= 0.3 is 6.01 Å². The number of anilines is 1. The second-order valence-electron chi connectivity index (χ2n) is 5.92. The Balaban J connectivity index is 1.70. The zero-order valence-electron chi connectivity index (χ0n) is 15.0. The van der Waals surface area contributed by atoms with Crippen molar-refractivity contribution in [2.75, 3.05) is 5.32 Å². The number of hydrogen-bond acceptors (Lipinski definition) is 7. The summed E-state index contributed by atoms with van der Waals surface area (Å²) in [5.74, 6) is 0.680. The molecular weight excluding hydrogens is 384 g/mol. The highest BCUT2D eigenvalue weighted by atomic mass is 35.5. The van der Waals surface area contributed by atoms with Crippen molar-refractivity contribution in [2.24, 2.45) is 7.05 Å². The Hall–Kier alpha value is -3.53. The Kier molecular flexibility index (Phi) is 4.62. The average molecular weight is 399 g/mol. The third-order valence-corrected chi connectivity index (χ3v) is 4.17. The minimum Gasteiger partial charge on any atom is -0.458 e. The van der Waals surface area contributed by atoms with Crippen LogP contribution in [-0.2, 0) is 18.4 Å². The number of amides is 1. The van der Waals surface area contributed by atoms with E-state index in [1.54, 1.807) is 35.9 Å². The van der Waals surface area contributed by atoms with Crippen LogP contribution in [0.15, 0.2) is 36.4 Å². The van der Waals surface area contributed by atoms with Crippen LogP contribution < -0.4 is 10.1 Å². The Morgan fingerprint density at radius 1 is 1.21 bits per heavy atom. The maximum Gasteiger partial charge on any atom is 0.305 e. The van der Waals surface area contributed by atoms with Crippen molar-refractivity contribution in [3.63, 3.8) is 0 Å². The zero-order chi connectivity index (χ0) is 19.7. The fourth-order valence-electron chi connectivity index (χ4n) is 2.70. The number of pyridine rings is 1. The summed E-state index contributed by atoms with van der Waals surface area (Å²) in [5, 5.41) is 14.7. The number of fused-ring (bicyclic) bond motifs is 1. The second kappa shape index (κ2) is 7.24. The second-order valence-corrected chi connectivity index (χ2v) is 6.33. The van der Waals surface area contributed by atoms with Crippen LogP contribution in [0.3, 0.4) is 0 Å². The van der Waals surface area contributed by atoms with Crippen molar-refractivity contribution in [3.8, 4) is 12.0 Å². The molecular formula is C17H15ClN8O2. The normalized spacial score (nSPS) is 11.0. The highest BCUT2D eigenvalue weighted by Crippen LogP contribution is 2.29. The number of ether oxygens (including phenoxy) is 1. The number of benzene rings is 1. The Morgan fingerprint density at radius 2 is 2.04 bits per heavy atom. The van der Waals surface area contributed by atoms with Crippen LogP contribution in [-0.4, -0.2) is 40.6 Å². The lowest BCUT2D eigenvalue weighted by Crippen LogP contribution is -2.10. The third kappa shape index (κ3) is 3.37. The van der Waals surface area contributed by atoms with E-state index in [0.29, 0.717) is 33.5 Å². The number of tetrazole rings is 1. The van der Waals surface area contributed by atoms with Crippen molar-refractivity contribution in [2.45, 2.75) is 13.5 Å². The lowest BCUT2D eigenvalue weighted by Gasteiger charge is -2.09. The molecule has 0 fully saturated rings. The molecule has 0 aliphatic carbocycles. The molecule has 142 valence electrons. The van der Waals surface area contributed by atoms with Crippen molar-refractivity contribution >= 4 is 34.4 Å². The summed E-state index contributed by atoms with van der Waals surface area (Å²) in [6, 6.07) is 11.0. The van der Waals surface area contributed by atoms with Gasteiger partial charge in [0.1, 0.15) is 17.9 Å². The van der Waals surface area contributed by atoms with Crippen LogP contribution in [0.1, 0.15) is 12.6 Å². The van der Waals surface area contributed by atoms with E-state index in [1.807, 2.05) is 12.1 Å². The van der Waals surface area contributed by atoms with Crippen molar-refractivity contribution in [1.29, 1.82) is 0 Å². The van der Waals surface area contributed by atoms with E-state index in [4.69, 9.17) is 16.3 Å². The van der Waals surface area contributed by atoms with Gasteiger partial charge in [0.2, 0.25) is 5.91 Å². The first-order valence-corrected chi connectivity index (χ1v) is 8.67. The van der Waals surface area contributed by atoms with Gasteiger partial charge in [-0.3, -0.25) is 4.79 Å². The van der Waals surface area contributed by atoms with Crippen molar-refractivity contribution < 1.29 is 9.53 Å². The molecule has 11 heteroatoms. The van der Waals surface area contributed by atoms with Crippen LogP contribution in [0.25, 0.3) is 17.0 Å². The number of hydrogen-bond donors (Lipinski definition) is 1.